The van der Waals surface area contributed by atoms with Gasteiger partial charge in [0.1, 0.15) is 0 Å². The topological polar surface area (TPSA) is 54.4 Å². The van der Waals surface area contributed by atoms with Crippen LogP contribution in [0.5, 0.6) is 0 Å². The number of carboxylic acids is 1. The Morgan fingerprint density at radius 2 is 2.17 bits per heavy atom. The molecule has 18 heavy (non-hydrogen) atoms. The number of benzene rings is 1. The highest BCUT2D eigenvalue weighted by molar-refractivity contribution is 7.85. The van der Waals surface area contributed by atoms with Crippen LogP contribution in [0.25, 0.3) is 0 Å². The van der Waals surface area contributed by atoms with E-state index in [0.717, 1.165) is 6.42 Å². The number of aryl methyl sites for hydroxylation is 1. The average Bonchev–Trinajstić information content (AvgIpc) is 2.89. The van der Waals surface area contributed by atoms with Gasteiger partial charge in [-0.15, -0.1) is 0 Å². The third-order valence-electron chi connectivity index (χ3n) is 2.50. The molecule has 1 aromatic heterocycles. The molecule has 5 heteroatoms. The summed E-state index contributed by atoms with van der Waals surface area (Å²) in [7, 11) is -1.15. The summed E-state index contributed by atoms with van der Waals surface area (Å²) in [5, 5.41) is 12.9. The van der Waals surface area contributed by atoms with Gasteiger partial charge in [0.2, 0.25) is 0 Å². The summed E-state index contributed by atoms with van der Waals surface area (Å²) in [5.74, 6) is -0.480. The lowest BCUT2D eigenvalue weighted by atomic mass is 10.2. The molecule has 1 N–H and O–H groups in total. The van der Waals surface area contributed by atoms with Gasteiger partial charge in [0.05, 0.1) is 16.4 Å². The van der Waals surface area contributed by atoms with Gasteiger partial charge in [-0.3, -0.25) is 4.21 Å². The lowest BCUT2D eigenvalue weighted by Gasteiger charge is -2.02. The fourth-order valence-corrected chi connectivity index (χ4v) is 3.38. The van der Waals surface area contributed by atoms with Crippen LogP contribution in [-0.2, 0) is 17.2 Å². The monoisotopic (exact) mass is 280 g/mol. The molecular weight excluding hydrogens is 268 g/mol. The zero-order valence-electron chi connectivity index (χ0n) is 9.54. The Balaban J connectivity index is 2.04. The van der Waals surface area contributed by atoms with E-state index in [-0.39, 0.29) is 5.56 Å². The quantitative estimate of drug-likeness (QED) is 0.916. The zero-order valence-corrected chi connectivity index (χ0v) is 11.2. The Morgan fingerprint density at radius 3 is 2.83 bits per heavy atom. The Kier molecular flexibility index (Phi) is 4.28. The third kappa shape index (κ3) is 3.27. The smallest absolute Gasteiger partial charge is 0.335 e. The molecular formula is C13H12O3S2. The van der Waals surface area contributed by atoms with Gasteiger partial charge in [0.25, 0.3) is 0 Å². The van der Waals surface area contributed by atoms with Crippen LogP contribution in [-0.4, -0.2) is 21.0 Å². The standard InChI is InChI=1S/C13H12O3S2/c14-13(15)11-2-1-3-12(8-11)18(16)7-5-10-4-6-17-9-10/h1-4,6,8-9H,5,7H2,(H,14,15). The van der Waals surface area contributed by atoms with Gasteiger partial charge in [-0.05, 0) is 47.0 Å². The van der Waals surface area contributed by atoms with Crippen LogP contribution in [0.4, 0.5) is 0 Å². The molecule has 94 valence electrons. The molecule has 0 saturated heterocycles. The number of hydrogen-bond donors (Lipinski definition) is 1. The highest BCUT2D eigenvalue weighted by Gasteiger charge is 2.08. The second kappa shape index (κ2) is 5.93. The van der Waals surface area contributed by atoms with Crippen LogP contribution in [0, 0.1) is 0 Å². The van der Waals surface area contributed by atoms with Crippen molar-refractivity contribution in [2.75, 3.05) is 5.75 Å². The molecule has 1 unspecified atom stereocenters. The maximum absolute atomic E-state index is 12.0. The molecule has 0 radical (unpaired) electrons. The molecule has 0 aliphatic rings. The Hall–Kier alpha value is -1.46. The van der Waals surface area contributed by atoms with E-state index in [4.69, 9.17) is 5.11 Å². The predicted molar refractivity (Wildman–Crippen MR) is 72.7 cm³/mol. The minimum atomic E-state index is -1.15. The van der Waals surface area contributed by atoms with E-state index >= 15 is 0 Å². The number of thiophene rings is 1. The van der Waals surface area contributed by atoms with E-state index in [1.807, 2.05) is 16.8 Å². The van der Waals surface area contributed by atoms with Crippen molar-refractivity contribution in [3.8, 4) is 0 Å². The molecule has 0 fully saturated rings. The number of carboxylic acid groups (broad SMARTS) is 1. The molecule has 1 aromatic carbocycles. The summed E-state index contributed by atoms with van der Waals surface area (Å²) in [4.78, 5) is 11.4. The summed E-state index contributed by atoms with van der Waals surface area (Å²) in [6.45, 7) is 0. The molecule has 0 bridgehead atoms. The van der Waals surface area contributed by atoms with Crippen molar-refractivity contribution in [3.63, 3.8) is 0 Å². The van der Waals surface area contributed by atoms with Crippen molar-refractivity contribution in [2.45, 2.75) is 11.3 Å². The highest BCUT2D eigenvalue weighted by atomic mass is 32.2. The van der Waals surface area contributed by atoms with Crippen LogP contribution < -0.4 is 0 Å². The first-order valence-electron chi connectivity index (χ1n) is 5.39. The van der Waals surface area contributed by atoms with Gasteiger partial charge in [0.15, 0.2) is 0 Å². The molecule has 1 atom stereocenters. The average molecular weight is 280 g/mol. The minimum absolute atomic E-state index is 0.177. The first kappa shape index (κ1) is 13.0. The fourth-order valence-electron chi connectivity index (χ4n) is 1.53. The predicted octanol–water partition coefficient (Wildman–Crippen LogP) is 2.80. The Morgan fingerprint density at radius 1 is 1.33 bits per heavy atom. The van der Waals surface area contributed by atoms with Gasteiger partial charge < -0.3 is 5.11 Å². The number of carbonyl (C=O) groups is 1. The van der Waals surface area contributed by atoms with E-state index in [1.54, 1.807) is 23.5 Å². The highest BCUT2D eigenvalue weighted by Crippen LogP contribution is 2.13. The first-order chi connectivity index (χ1) is 8.66. The molecule has 0 aliphatic carbocycles. The molecule has 0 amide bonds. The number of hydrogen-bond acceptors (Lipinski definition) is 3. The third-order valence-corrected chi connectivity index (χ3v) is 4.59. The van der Waals surface area contributed by atoms with E-state index in [0.29, 0.717) is 10.6 Å². The van der Waals surface area contributed by atoms with Crippen molar-refractivity contribution in [1.82, 2.24) is 0 Å². The van der Waals surface area contributed by atoms with E-state index in [9.17, 15) is 9.00 Å². The molecule has 1 heterocycles. The summed E-state index contributed by atoms with van der Waals surface area (Å²) in [6.07, 6.45) is 0.743. The van der Waals surface area contributed by atoms with Gasteiger partial charge in [-0.2, -0.15) is 11.3 Å². The van der Waals surface area contributed by atoms with E-state index < -0.39 is 16.8 Å². The van der Waals surface area contributed by atoms with Gasteiger partial charge in [-0.1, -0.05) is 6.07 Å². The second-order valence-electron chi connectivity index (χ2n) is 3.76. The molecule has 2 rings (SSSR count). The zero-order chi connectivity index (χ0) is 13.0. The summed E-state index contributed by atoms with van der Waals surface area (Å²) < 4.78 is 12.0. The molecule has 3 nitrogen and oxygen atoms in total. The summed E-state index contributed by atoms with van der Waals surface area (Å²) in [5.41, 5.74) is 1.35. The fraction of sp³-hybridized carbons (Fsp3) is 0.154. The van der Waals surface area contributed by atoms with Crippen molar-refractivity contribution >= 4 is 28.1 Å². The van der Waals surface area contributed by atoms with Gasteiger partial charge in [0, 0.05) is 10.6 Å². The van der Waals surface area contributed by atoms with Crippen LogP contribution in [0.2, 0.25) is 0 Å². The molecule has 2 aromatic rings. The van der Waals surface area contributed by atoms with E-state index in [2.05, 4.69) is 0 Å². The van der Waals surface area contributed by atoms with Gasteiger partial charge >= 0.3 is 5.97 Å². The summed E-state index contributed by atoms with van der Waals surface area (Å²) in [6, 6.07) is 8.32. The summed E-state index contributed by atoms with van der Waals surface area (Å²) >= 11 is 1.62. The Labute approximate surface area is 112 Å². The van der Waals surface area contributed by atoms with Crippen molar-refractivity contribution in [2.24, 2.45) is 0 Å². The van der Waals surface area contributed by atoms with Crippen LogP contribution in [0.1, 0.15) is 15.9 Å². The van der Waals surface area contributed by atoms with Crippen LogP contribution in [0.15, 0.2) is 46.0 Å². The SMILES string of the molecule is O=C(O)c1cccc(S(=O)CCc2ccsc2)c1. The number of rotatable bonds is 5. The largest absolute Gasteiger partial charge is 0.478 e. The maximum Gasteiger partial charge on any atom is 0.335 e. The van der Waals surface area contributed by atoms with Crippen LogP contribution in [0.3, 0.4) is 0 Å². The van der Waals surface area contributed by atoms with Crippen LogP contribution >= 0.6 is 11.3 Å². The first-order valence-corrected chi connectivity index (χ1v) is 7.66. The van der Waals surface area contributed by atoms with E-state index in [1.165, 1.54) is 17.7 Å². The maximum atomic E-state index is 12.0. The van der Waals surface area contributed by atoms with Gasteiger partial charge in [-0.25, -0.2) is 4.79 Å². The lowest BCUT2D eigenvalue weighted by Crippen LogP contribution is -2.03. The van der Waals surface area contributed by atoms with Crippen molar-refractivity contribution in [3.05, 3.63) is 52.2 Å². The normalized spacial score (nSPS) is 12.2. The molecule has 0 spiro atoms. The number of aromatic carboxylic acids is 1. The van der Waals surface area contributed by atoms with Crippen molar-refractivity contribution in [1.29, 1.82) is 0 Å². The molecule has 0 saturated carbocycles. The minimum Gasteiger partial charge on any atom is -0.478 e. The Bertz CT molecular complexity index is 561. The lowest BCUT2D eigenvalue weighted by molar-refractivity contribution is 0.0696. The molecule has 0 aliphatic heterocycles. The van der Waals surface area contributed by atoms with Crippen molar-refractivity contribution < 1.29 is 14.1 Å². The second-order valence-corrected chi connectivity index (χ2v) is 6.11.